The number of rotatable bonds is 3. The van der Waals surface area contributed by atoms with Crippen LogP contribution in [0.5, 0.6) is 0 Å². The van der Waals surface area contributed by atoms with Crippen LogP contribution in [0.1, 0.15) is 0 Å². The molecule has 1 atom stereocenters. The van der Waals surface area contributed by atoms with Crippen molar-refractivity contribution >= 4 is 61.6 Å². The van der Waals surface area contributed by atoms with Gasteiger partial charge < -0.3 is 0 Å². The Hall–Kier alpha value is -1.22. The summed E-state index contributed by atoms with van der Waals surface area (Å²) in [5.41, 5.74) is 6.50. The Balaban J connectivity index is 1.89. The second-order valence-electron chi connectivity index (χ2n) is 4.56. The average molecular weight is 473 g/mol. The number of halogens is 2. The summed E-state index contributed by atoms with van der Waals surface area (Å²) in [5.74, 6) is 0. The molecule has 4 rings (SSSR count). The first-order chi connectivity index (χ1) is 11.3. The predicted octanol–water partition coefficient (Wildman–Crippen LogP) is 4.46. The Morgan fingerprint density at radius 2 is 2.00 bits per heavy atom. The van der Waals surface area contributed by atoms with E-state index in [1.807, 2.05) is 34.5 Å². The molecule has 0 fully saturated rings. The van der Waals surface area contributed by atoms with E-state index in [0.29, 0.717) is 12.1 Å². The second-order valence-corrected chi connectivity index (χ2v) is 7.83. The van der Waals surface area contributed by atoms with Crippen LogP contribution < -0.4 is 0 Å². The lowest BCUT2D eigenvalue weighted by molar-refractivity contribution is 0.978. The third kappa shape index (κ3) is 2.84. The van der Waals surface area contributed by atoms with Gasteiger partial charge in [0, 0.05) is 22.9 Å². The summed E-state index contributed by atoms with van der Waals surface area (Å²) in [6.07, 6.45) is 6.09. The van der Waals surface area contributed by atoms with Crippen molar-refractivity contribution in [1.29, 1.82) is 0 Å². The Morgan fingerprint density at radius 3 is 2.74 bits per heavy atom. The number of hydrogen-bond acceptors (Lipinski definition) is 6. The number of aromatic nitrogens is 6. The van der Waals surface area contributed by atoms with E-state index in [0.717, 1.165) is 26.9 Å². The molecule has 0 bridgehead atoms. The maximum atomic E-state index is 5.71. The fraction of sp³-hybridized carbons (Fsp3) is 0. The summed E-state index contributed by atoms with van der Waals surface area (Å²) < 4.78 is 2.96. The molecule has 3 heterocycles. The van der Waals surface area contributed by atoms with E-state index in [1.54, 1.807) is 17.5 Å². The molecular formula is C13H7ClIN6PS. The standard InChI is InChI=1S/C13H7ClIN6PS/c14-13-16-4-10(19-20-13)9-2-1-8(11-12(9)23-6-17-11)7-3-18-21(5-7)22-15/h1-6,22H. The molecule has 0 radical (unpaired) electrons. The van der Waals surface area contributed by atoms with Gasteiger partial charge in [0.1, 0.15) is 5.69 Å². The lowest BCUT2D eigenvalue weighted by Gasteiger charge is -2.04. The quantitative estimate of drug-likeness (QED) is 0.325. The van der Waals surface area contributed by atoms with Crippen LogP contribution in [-0.2, 0) is 0 Å². The number of hydrogen-bond donors (Lipinski definition) is 0. The normalized spacial score (nSPS) is 11.7. The minimum absolute atomic E-state index is 0.137. The van der Waals surface area contributed by atoms with Gasteiger partial charge in [-0.05, 0) is 33.6 Å². The van der Waals surface area contributed by atoms with Crippen molar-refractivity contribution in [1.82, 2.24) is 29.7 Å². The van der Waals surface area contributed by atoms with Crippen LogP contribution in [0.2, 0.25) is 5.28 Å². The molecule has 0 saturated heterocycles. The molecule has 0 aliphatic heterocycles. The number of fused-ring (bicyclic) bond motifs is 1. The van der Waals surface area contributed by atoms with E-state index in [2.05, 4.69) is 47.3 Å². The van der Waals surface area contributed by atoms with Gasteiger partial charge in [0.25, 0.3) is 0 Å². The van der Waals surface area contributed by atoms with E-state index in [1.165, 1.54) is 0 Å². The number of benzene rings is 1. The molecule has 0 spiro atoms. The van der Waals surface area contributed by atoms with Crippen LogP contribution in [-0.4, -0.2) is 29.7 Å². The van der Waals surface area contributed by atoms with Crippen LogP contribution in [0, 0.1) is 0 Å². The van der Waals surface area contributed by atoms with Gasteiger partial charge in [-0.2, -0.15) is 5.10 Å². The van der Waals surface area contributed by atoms with Crippen LogP contribution >= 0.6 is 51.4 Å². The summed E-state index contributed by atoms with van der Waals surface area (Å²) in [6.45, 7) is 0. The molecule has 0 amide bonds. The summed E-state index contributed by atoms with van der Waals surface area (Å²) in [5, 5.41) is 12.4. The minimum atomic E-state index is 0.137. The van der Waals surface area contributed by atoms with Crippen LogP contribution in [0.4, 0.5) is 0 Å². The molecule has 1 unspecified atom stereocenters. The fourth-order valence-corrected chi connectivity index (χ4v) is 4.28. The maximum absolute atomic E-state index is 5.71. The van der Waals surface area contributed by atoms with Crippen LogP contribution in [0.25, 0.3) is 32.6 Å². The largest absolute Gasteiger partial charge is 0.245 e. The highest BCUT2D eigenvalue weighted by Gasteiger charge is 2.14. The minimum Gasteiger partial charge on any atom is -0.245 e. The zero-order valence-corrected chi connectivity index (χ0v) is 16.0. The van der Waals surface area contributed by atoms with Crippen molar-refractivity contribution in [3.05, 3.63) is 41.5 Å². The molecule has 4 aromatic rings. The molecule has 23 heavy (non-hydrogen) atoms. The van der Waals surface area contributed by atoms with Crippen molar-refractivity contribution < 1.29 is 0 Å². The third-order valence-corrected chi connectivity index (χ3v) is 6.21. The van der Waals surface area contributed by atoms with Crippen molar-refractivity contribution in [3.63, 3.8) is 0 Å². The molecule has 0 saturated carbocycles. The Morgan fingerprint density at radius 1 is 1.13 bits per heavy atom. The summed E-state index contributed by atoms with van der Waals surface area (Å²) >= 11 is 9.58. The van der Waals surface area contributed by atoms with Gasteiger partial charge in [0.15, 0.2) is 0 Å². The van der Waals surface area contributed by atoms with Gasteiger partial charge in [-0.3, -0.25) is 0 Å². The first kappa shape index (κ1) is 15.3. The lowest BCUT2D eigenvalue weighted by atomic mass is 10.0. The monoisotopic (exact) mass is 472 g/mol. The van der Waals surface area contributed by atoms with Gasteiger partial charge in [-0.25, -0.2) is 14.4 Å². The van der Waals surface area contributed by atoms with Gasteiger partial charge in [0.05, 0.1) is 34.5 Å². The zero-order valence-electron chi connectivity index (χ0n) is 11.3. The molecule has 10 heteroatoms. The highest BCUT2D eigenvalue weighted by atomic mass is 127. The smallest absolute Gasteiger partial charge is 0.242 e. The number of nitrogens with zero attached hydrogens (tertiary/aromatic N) is 6. The Bertz CT molecular complexity index is 986. The zero-order chi connectivity index (χ0) is 15.8. The average Bonchev–Trinajstić information content (AvgIpc) is 3.24. The Labute approximate surface area is 154 Å². The van der Waals surface area contributed by atoms with Crippen molar-refractivity contribution in [2.45, 2.75) is 0 Å². The van der Waals surface area contributed by atoms with Gasteiger partial charge in [0.2, 0.25) is 5.28 Å². The van der Waals surface area contributed by atoms with Gasteiger partial charge in [-0.1, -0.05) is 12.1 Å². The third-order valence-electron chi connectivity index (χ3n) is 3.27. The lowest BCUT2D eigenvalue weighted by Crippen LogP contribution is -1.91. The van der Waals surface area contributed by atoms with Crippen LogP contribution in [0.15, 0.2) is 36.2 Å². The van der Waals surface area contributed by atoms with E-state index in [9.17, 15) is 0 Å². The molecule has 0 N–H and O–H groups in total. The van der Waals surface area contributed by atoms with E-state index >= 15 is 0 Å². The first-order valence-corrected chi connectivity index (χ1v) is 11.7. The topological polar surface area (TPSA) is 69.4 Å². The summed E-state index contributed by atoms with van der Waals surface area (Å²) in [4.78, 5) is 8.53. The molecular weight excluding hydrogens is 466 g/mol. The molecule has 3 aromatic heterocycles. The highest BCUT2D eigenvalue weighted by molar-refractivity contribution is 14.2. The Kier molecular flexibility index (Phi) is 4.23. The molecule has 1 aromatic carbocycles. The molecule has 0 aliphatic carbocycles. The van der Waals surface area contributed by atoms with E-state index < -0.39 is 0 Å². The second kappa shape index (κ2) is 6.35. The highest BCUT2D eigenvalue weighted by Crippen LogP contribution is 2.37. The molecule has 0 aliphatic rings. The van der Waals surface area contributed by atoms with Gasteiger partial charge in [-0.15, -0.1) is 21.5 Å². The van der Waals surface area contributed by atoms with Crippen molar-refractivity contribution in [2.24, 2.45) is 0 Å². The summed E-state index contributed by atoms with van der Waals surface area (Å²) in [7, 11) is 0. The summed E-state index contributed by atoms with van der Waals surface area (Å²) in [6, 6.07) is 4.05. The fourth-order valence-electron chi connectivity index (χ4n) is 2.28. The first-order valence-electron chi connectivity index (χ1n) is 6.40. The number of thiazole rings is 1. The SMILES string of the molecule is Clc1ncc(-c2ccc(-c3cnn(PI)c3)c3ncsc23)nn1. The maximum Gasteiger partial charge on any atom is 0.242 e. The van der Waals surface area contributed by atoms with E-state index in [4.69, 9.17) is 11.6 Å². The van der Waals surface area contributed by atoms with E-state index in [-0.39, 0.29) is 5.28 Å². The van der Waals surface area contributed by atoms with Gasteiger partial charge >= 0.3 is 0 Å². The van der Waals surface area contributed by atoms with Crippen molar-refractivity contribution in [2.75, 3.05) is 0 Å². The van der Waals surface area contributed by atoms with Crippen LogP contribution in [0.3, 0.4) is 0 Å². The van der Waals surface area contributed by atoms with Crippen molar-refractivity contribution in [3.8, 4) is 22.4 Å². The molecule has 114 valence electrons. The predicted molar refractivity (Wildman–Crippen MR) is 102 cm³/mol. The molecule has 6 nitrogen and oxygen atoms in total.